The van der Waals surface area contributed by atoms with Crippen molar-refractivity contribution in [3.63, 3.8) is 0 Å². The Bertz CT molecular complexity index is 318. The third-order valence-electron chi connectivity index (χ3n) is 4.83. The van der Waals surface area contributed by atoms with Gasteiger partial charge in [0.2, 0.25) is 0 Å². The van der Waals surface area contributed by atoms with Gasteiger partial charge in [0.25, 0.3) is 0 Å². The number of carboxylic acid groups (broad SMARTS) is 1. The summed E-state index contributed by atoms with van der Waals surface area (Å²) in [6, 6.07) is -0.309. The van der Waals surface area contributed by atoms with Gasteiger partial charge in [-0.15, -0.1) is 0 Å². The van der Waals surface area contributed by atoms with Gasteiger partial charge in [-0.1, -0.05) is 26.7 Å². The minimum Gasteiger partial charge on any atom is -0.480 e. The Balaban J connectivity index is 2.34. The predicted molar refractivity (Wildman–Crippen MR) is 91.7 cm³/mol. The number of nitrogens with one attached hydrogen (secondary N) is 1. The molecule has 0 aromatic carbocycles. The van der Waals surface area contributed by atoms with E-state index in [0.29, 0.717) is 18.9 Å². The van der Waals surface area contributed by atoms with Gasteiger partial charge in [-0.05, 0) is 44.4 Å². The number of unbranched alkanes of at least 4 members (excludes halogenated alkanes) is 1. The smallest absolute Gasteiger partial charge is 0.320 e. The third-order valence-corrected chi connectivity index (χ3v) is 4.83. The average molecular weight is 329 g/mol. The maximum atomic E-state index is 11.5. The van der Waals surface area contributed by atoms with E-state index in [0.717, 1.165) is 32.3 Å². The molecule has 23 heavy (non-hydrogen) atoms. The van der Waals surface area contributed by atoms with E-state index in [4.69, 9.17) is 9.47 Å². The molecule has 0 spiro atoms. The minimum atomic E-state index is -0.761. The molecule has 1 rings (SSSR count). The molecule has 0 radical (unpaired) electrons. The molecule has 1 heterocycles. The average Bonchev–Trinajstić information content (AvgIpc) is 2.56. The summed E-state index contributed by atoms with van der Waals surface area (Å²) in [7, 11) is 1.76. The number of carboxylic acids is 1. The van der Waals surface area contributed by atoms with Gasteiger partial charge >= 0.3 is 5.97 Å². The predicted octanol–water partition coefficient (Wildman–Crippen LogP) is 3.22. The molecule has 1 aliphatic rings. The number of aliphatic carboxylic acids is 1. The number of carbonyl (C=O) groups is 1. The number of rotatable bonds is 12. The summed E-state index contributed by atoms with van der Waals surface area (Å²) < 4.78 is 11.0. The molecular formula is C18H35NO4. The van der Waals surface area contributed by atoms with E-state index in [1.54, 1.807) is 7.11 Å². The van der Waals surface area contributed by atoms with E-state index >= 15 is 0 Å². The first-order valence-corrected chi connectivity index (χ1v) is 9.17. The van der Waals surface area contributed by atoms with Crippen LogP contribution in [0.15, 0.2) is 0 Å². The Morgan fingerprint density at radius 1 is 1.35 bits per heavy atom. The van der Waals surface area contributed by atoms with Crippen molar-refractivity contribution < 1.29 is 19.4 Å². The van der Waals surface area contributed by atoms with E-state index in [2.05, 4.69) is 19.2 Å². The van der Waals surface area contributed by atoms with Gasteiger partial charge in [0.1, 0.15) is 6.04 Å². The van der Waals surface area contributed by atoms with E-state index < -0.39 is 12.0 Å². The van der Waals surface area contributed by atoms with Crippen LogP contribution >= 0.6 is 0 Å². The lowest BCUT2D eigenvalue weighted by atomic mass is 9.93. The zero-order valence-electron chi connectivity index (χ0n) is 15.1. The monoisotopic (exact) mass is 329 g/mol. The normalized spacial score (nSPS) is 22.5. The first-order chi connectivity index (χ1) is 11.1. The van der Waals surface area contributed by atoms with E-state index in [-0.39, 0.29) is 12.1 Å². The first kappa shape index (κ1) is 20.4. The lowest BCUT2D eigenvalue weighted by Gasteiger charge is -2.27. The van der Waals surface area contributed by atoms with Crippen LogP contribution in [0.25, 0.3) is 0 Å². The number of ether oxygens (including phenoxy) is 2. The summed E-state index contributed by atoms with van der Waals surface area (Å²) >= 11 is 0. The highest BCUT2D eigenvalue weighted by Crippen LogP contribution is 2.20. The highest BCUT2D eigenvalue weighted by molar-refractivity contribution is 5.73. The molecule has 0 unspecified atom stereocenters. The van der Waals surface area contributed by atoms with Crippen molar-refractivity contribution in [3.8, 4) is 0 Å². The molecule has 136 valence electrons. The number of methoxy groups -OCH3 is 1. The summed E-state index contributed by atoms with van der Waals surface area (Å²) in [5, 5.41) is 12.7. The molecule has 0 amide bonds. The quantitative estimate of drug-likeness (QED) is 0.575. The van der Waals surface area contributed by atoms with Crippen molar-refractivity contribution in [1.29, 1.82) is 0 Å². The number of hydrogen-bond donors (Lipinski definition) is 2. The molecule has 1 aliphatic heterocycles. The van der Waals surface area contributed by atoms with Crippen LogP contribution in [0.4, 0.5) is 0 Å². The standard InChI is InChI=1S/C18H35NO4/c1-4-5-8-14(2)17(22-3)11-6-10-16(18(20)21)19-15-9-7-12-23-13-15/h14-17,19H,4-13H2,1-3H3,(H,20,21)/t14-,15+,16-,17-/m0/s1. The second-order valence-electron chi connectivity index (χ2n) is 6.80. The zero-order valence-corrected chi connectivity index (χ0v) is 15.1. The third kappa shape index (κ3) is 8.13. The Morgan fingerprint density at radius 2 is 2.13 bits per heavy atom. The van der Waals surface area contributed by atoms with Crippen molar-refractivity contribution in [2.75, 3.05) is 20.3 Å². The molecular weight excluding hydrogens is 294 g/mol. The second-order valence-corrected chi connectivity index (χ2v) is 6.80. The zero-order chi connectivity index (χ0) is 17.1. The Kier molecular flexibility index (Phi) is 10.5. The van der Waals surface area contributed by atoms with Crippen LogP contribution in [0.1, 0.15) is 65.2 Å². The lowest BCUT2D eigenvalue weighted by Crippen LogP contribution is -2.47. The van der Waals surface area contributed by atoms with Gasteiger partial charge in [-0.2, -0.15) is 0 Å². The van der Waals surface area contributed by atoms with Crippen LogP contribution in [0.2, 0.25) is 0 Å². The van der Waals surface area contributed by atoms with Gasteiger partial charge in [-0.3, -0.25) is 10.1 Å². The maximum Gasteiger partial charge on any atom is 0.320 e. The van der Waals surface area contributed by atoms with Crippen LogP contribution < -0.4 is 5.32 Å². The lowest BCUT2D eigenvalue weighted by molar-refractivity contribution is -0.140. The highest BCUT2D eigenvalue weighted by atomic mass is 16.5. The van der Waals surface area contributed by atoms with Gasteiger partial charge in [0.05, 0.1) is 12.7 Å². The molecule has 0 saturated carbocycles. The maximum absolute atomic E-state index is 11.5. The van der Waals surface area contributed by atoms with Crippen LogP contribution in [0, 0.1) is 5.92 Å². The van der Waals surface area contributed by atoms with Crippen molar-refractivity contribution in [3.05, 3.63) is 0 Å². The van der Waals surface area contributed by atoms with Crippen LogP contribution in [-0.4, -0.2) is 49.6 Å². The molecule has 4 atom stereocenters. The molecule has 0 aliphatic carbocycles. The van der Waals surface area contributed by atoms with E-state index in [1.807, 2.05) is 0 Å². The van der Waals surface area contributed by atoms with E-state index in [9.17, 15) is 9.90 Å². The molecule has 5 nitrogen and oxygen atoms in total. The van der Waals surface area contributed by atoms with Gasteiger partial charge in [0.15, 0.2) is 0 Å². The van der Waals surface area contributed by atoms with Crippen molar-refractivity contribution in [2.45, 2.75) is 83.4 Å². The highest BCUT2D eigenvalue weighted by Gasteiger charge is 2.24. The SMILES string of the molecule is CCCC[C@H](C)[C@H](CCC[C@H](N[C@@H]1CCCOC1)C(=O)O)OC. The molecule has 0 bridgehead atoms. The van der Waals surface area contributed by atoms with Crippen molar-refractivity contribution in [2.24, 2.45) is 5.92 Å². The Labute approximate surface area is 141 Å². The summed E-state index contributed by atoms with van der Waals surface area (Å²) in [4.78, 5) is 11.5. The molecule has 1 saturated heterocycles. The van der Waals surface area contributed by atoms with Gasteiger partial charge < -0.3 is 14.6 Å². The topological polar surface area (TPSA) is 67.8 Å². The molecule has 0 aromatic heterocycles. The summed E-state index contributed by atoms with van der Waals surface area (Å²) in [5.41, 5.74) is 0. The second kappa shape index (κ2) is 11.8. The summed E-state index contributed by atoms with van der Waals surface area (Å²) in [5.74, 6) is -0.230. The van der Waals surface area contributed by atoms with Gasteiger partial charge in [-0.25, -0.2) is 0 Å². The number of hydrogen-bond acceptors (Lipinski definition) is 4. The van der Waals surface area contributed by atoms with Crippen LogP contribution in [0.3, 0.4) is 0 Å². The largest absolute Gasteiger partial charge is 0.480 e. The summed E-state index contributed by atoms with van der Waals surface area (Å²) in [6.45, 7) is 5.85. The Morgan fingerprint density at radius 3 is 2.70 bits per heavy atom. The fourth-order valence-electron chi connectivity index (χ4n) is 3.30. The first-order valence-electron chi connectivity index (χ1n) is 9.17. The fraction of sp³-hybridized carbons (Fsp3) is 0.944. The molecule has 1 fully saturated rings. The molecule has 0 aromatic rings. The van der Waals surface area contributed by atoms with Gasteiger partial charge in [0, 0.05) is 19.8 Å². The van der Waals surface area contributed by atoms with Crippen LogP contribution in [-0.2, 0) is 14.3 Å². The van der Waals surface area contributed by atoms with Crippen molar-refractivity contribution >= 4 is 5.97 Å². The summed E-state index contributed by atoms with van der Waals surface area (Å²) in [6.07, 6.45) is 8.27. The van der Waals surface area contributed by atoms with Crippen molar-refractivity contribution in [1.82, 2.24) is 5.32 Å². The van der Waals surface area contributed by atoms with E-state index in [1.165, 1.54) is 19.3 Å². The fourth-order valence-corrected chi connectivity index (χ4v) is 3.30. The molecule has 2 N–H and O–H groups in total. The minimum absolute atomic E-state index is 0.173. The molecule has 5 heteroatoms. The van der Waals surface area contributed by atoms with Crippen LogP contribution in [0.5, 0.6) is 0 Å². The Hall–Kier alpha value is -0.650.